The number of hydrogen-bond acceptors (Lipinski definition) is 7. The number of carbonyl (C=O) groups is 4. The van der Waals surface area contributed by atoms with Gasteiger partial charge in [0, 0.05) is 29.6 Å². The van der Waals surface area contributed by atoms with Gasteiger partial charge in [-0.15, -0.1) is 0 Å². The van der Waals surface area contributed by atoms with E-state index in [0.717, 1.165) is 6.08 Å². The van der Waals surface area contributed by atoms with Gasteiger partial charge in [-0.3, -0.25) is 9.59 Å². The lowest BCUT2D eigenvalue weighted by Gasteiger charge is -2.11. The van der Waals surface area contributed by atoms with E-state index in [9.17, 15) is 19.2 Å². The smallest absolute Gasteiger partial charge is 0.338 e. The average Bonchev–Trinajstić information content (AvgIpc) is 2.76. The lowest BCUT2D eigenvalue weighted by Crippen LogP contribution is -2.21. The second-order valence-corrected chi connectivity index (χ2v) is 5.93. The molecule has 31 heavy (non-hydrogen) atoms. The van der Waals surface area contributed by atoms with Crippen LogP contribution in [0.1, 0.15) is 10.4 Å². The van der Waals surface area contributed by atoms with Crippen LogP contribution in [-0.2, 0) is 19.1 Å². The fourth-order valence-electron chi connectivity index (χ4n) is 2.35. The molecule has 0 radical (unpaired) electrons. The van der Waals surface area contributed by atoms with Crippen molar-refractivity contribution in [2.24, 2.45) is 0 Å². The van der Waals surface area contributed by atoms with Gasteiger partial charge in [-0.05, 0) is 36.4 Å². The maximum absolute atomic E-state index is 12.1. The average molecular weight is 428 g/mol. The number of carboxylic acids is 1. The highest BCUT2D eigenvalue weighted by atomic mass is 16.5. The highest BCUT2D eigenvalue weighted by Gasteiger charge is 2.12. The molecule has 0 atom stereocenters. The zero-order valence-corrected chi connectivity index (χ0v) is 16.7. The first-order valence-corrected chi connectivity index (χ1v) is 8.83. The number of esters is 1. The standard InChI is InChI=1S/C21H20N2O8/c1-29-16-8-7-15(11-17(16)30-2)23-19(25)12-31-21(28)13-3-5-14(6-4-13)22-18(24)9-10-20(26)27/h3-11H,12H2,1-2H3,(H,22,24)(H,23,25)(H,26,27)/b10-9+. The molecule has 2 rings (SSSR count). The predicted molar refractivity (Wildman–Crippen MR) is 110 cm³/mol. The van der Waals surface area contributed by atoms with Gasteiger partial charge in [0.25, 0.3) is 5.91 Å². The summed E-state index contributed by atoms with van der Waals surface area (Å²) in [7, 11) is 2.96. The van der Waals surface area contributed by atoms with Crippen LogP contribution >= 0.6 is 0 Å². The summed E-state index contributed by atoms with van der Waals surface area (Å²) in [6, 6.07) is 10.5. The first-order chi connectivity index (χ1) is 14.8. The van der Waals surface area contributed by atoms with E-state index in [1.807, 2.05) is 0 Å². The number of ether oxygens (including phenoxy) is 3. The first-order valence-electron chi connectivity index (χ1n) is 8.83. The number of anilines is 2. The molecule has 0 saturated carbocycles. The summed E-state index contributed by atoms with van der Waals surface area (Å²) >= 11 is 0. The summed E-state index contributed by atoms with van der Waals surface area (Å²) in [5, 5.41) is 13.5. The maximum atomic E-state index is 12.1. The Hall–Kier alpha value is -4.34. The summed E-state index contributed by atoms with van der Waals surface area (Å²) in [6.45, 7) is -0.508. The van der Waals surface area contributed by atoms with Crippen LogP contribution < -0.4 is 20.1 Å². The van der Waals surface area contributed by atoms with Gasteiger partial charge >= 0.3 is 11.9 Å². The molecule has 2 amide bonds. The van der Waals surface area contributed by atoms with E-state index in [-0.39, 0.29) is 5.56 Å². The Bertz CT molecular complexity index is 999. The Morgan fingerprint density at radius 1 is 0.871 bits per heavy atom. The second kappa shape index (κ2) is 11.0. The summed E-state index contributed by atoms with van der Waals surface area (Å²) in [4.78, 5) is 46.0. The largest absolute Gasteiger partial charge is 0.493 e. The van der Waals surface area contributed by atoms with E-state index in [1.165, 1.54) is 38.5 Å². The predicted octanol–water partition coefficient (Wildman–Crippen LogP) is 2.08. The number of aliphatic carboxylic acids is 1. The molecule has 0 bridgehead atoms. The molecular formula is C21H20N2O8. The zero-order chi connectivity index (χ0) is 22.8. The molecule has 10 nitrogen and oxygen atoms in total. The Balaban J connectivity index is 1.87. The number of rotatable bonds is 9. The van der Waals surface area contributed by atoms with Gasteiger partial charge in [-0.25, -0.2) is 9.59 Å². The number of nitrogens with one attached hydrogen (secondary N) is 2. The van der Waals surface area contributed by atoms with Crippen molar-refractivity contribution < 1.29 is 38.5 Å². The minimum atomic E-state index is -1.25. The highest BCUT2D eigenvalue weighted by Crippen LogP contribution is 2.29. The van der Waals surface area contributed by atoms with Crippen LogP contribution in [0.5, 0.6) is 11.5 Å². The minimum absolute atomic E-state index is 0.165. The van der Waals surface area contributed by atoms with Crippen molar-refractivity contribution >= 4 is 35.1 Å². The van der Waals surface area contributed by atoms with Gasteiger partial charge in [0.15, 0.2) is 18.1 Å². The van der Waals surface area contributed by atoms with Gasteiger partial charge in [-0.2, -0.15) is 0 Å². The summed E-state index contributed by atoms with van der Waals surface area (Å²) < 4.78 is 15.3. The summed E-state index contributed by atoms with van der Waals surface area (Å²) in [6.07, 6.45) is 1.57. The molecule has 0 aliphatic rings. The molecule has 3 N–H and O–H groups in total. The quantitative estimate of drug-likeness (QED) is 0.407. The Labute approximate surface area is 177 Å². The minimum Gasteiger partial charge on any atom is -0.493 e. The van der Waals surface area contributed by atoms with E-state index in [1.54, 1.807) is 18.2 Å². The Morgan fingerprint density at radius 3 is 2.13 bits per heavy atom. The molecule has 10 heteroatoms. The van der Waals surface area contributed by atoms with Crippen molar-refractivity contribution in [1.82, 2.24) is 0 Å². The molecule has 0 unspecified atom stereocenters. The Kier molecular flexibility index (Phi) is 8.14. The van der Waals surface area contributed by atoms with Crippen LogP contribution in [0.25, 0.3) is 0 Å². The third-order valence-electron chi connectivity index (χ3n) is 3.77. The topological polar surface area (TPSA) is 140 Å². The fourth-order valence-corrected chi connectivity index (χ4v) is 2.35. The molecule has 0 spiro atoms. The van der Waals surface area contributed by atoms with Gasteiger partial charge in [0.1, 0.15) is 0 Å². The monoisotopic (exact) mass is 428 g/mol. The van der Waals surface area contributed by atoms with Gasteiger partial charge in [0.2, 0.25) is 5.91 Å². The third kappa shape index (κ3) is 7.20. The number of amides is 2. The molecular weight excluding hydrogens is 408 g/mol. The third-order valence-corrected chi connectivity index (χ3v) is 3.77. The maximum Gasteiger partial charge on any atom is 0.338 e. The molecule has 2 aromatic rings. The zero-order valence-electron chi connectivity index (χ0n) is 16.7. The SMILES string of the molecule is COc1ccc(NC(=O)COC(=O)c2ccc(NC(=O)/C=C/C(=O)O)cc2)cc1OC. The summed E-state index contributed by atoms with van der Waals surface area (Å²) in [5.74, 6) is -2.22. The number of hydrogen-bond donors (Lipinski definition) is 3. The van der Waals surface area contributed by atoms with Crippen LogP contribution in [0.15, 0.2) is 54.6 Å². The van der Waals surface area contributed by atoms with E-state index in [4.69, 9.17) is 19.3 Å². The normalized spacial score (nSPS) is 10.3. The second-order valence-electron chi connectivity index (χ2n) is 5.93. The van der Waals surface area contributed by atoms with Crippen LogP contribution in [0.2, 0.25) is 0 Å². The number of carbonyl (C=O) groups excluding carboxylic acids is 3. The van der Waals surface area contributed by atoms with E-state index >= 15 is 0 Å². The lowest BCUT2D eigenvalue weighted by atomic mass is 10.2. The molecule has 0 heterocycles. The van der Waals surface area contributed by atoms with E-state index in [2.05, 4.69) is 10.6 Å². The van der Waals surface area contributed by atoms with Crippen molar-refractivity contribution in [1.29, 1.82) is 0 Å². The van der Waals surface area contributed by atoms with Gasteiger partial charge in [0.05, 0.1) is 19.8 Å². The van der Waals surface area contributed by atoms with Gasteiger partial charge in [-0.1, -0.05) is 0 Å². The number of benzene rings is 2. The number of carboxylic acid groups (broad SMARTS) is 1. The van der Waals surface area contributed by atoms with Crippen LogP contribution in [0, 0.1) is 0 Å². The first kappa shape index (κ1) is 22.9. The summed E-state index contributed by atoms with van der Waals surface area (Å²) in [5.41, 5.74) is 0.955. The van der Waals surface area contributed by atoms with Crippen LogP contribution in [0.3, 0.4) is 0 Å². The highest BCUT2D eigenvalue weighted by molar-refractivity contribution is 6.02. The fraction of sp³-hybridized carbons (Fsp3) is 0.143. The molecule has 0 aliphatic carbocycles. The Morgan fingerprint density at radius 2 is 1.52 bits per heavy atom. The number of methoxy groups -OCH3 is 2. The van der Waals surface area contributed by atoms with Crippen molar-refractivity contribution in [3.05, 3.63) is 60.2 Å². The van der Waals surface area contributed by atoms with Crippen molar-refractivity contribution in [3.8, 4) is 11.5 Å². The van der Waals surface area contributed by atoms with Crippen LogP contribution in [0.4, 0.5) is 11.4 Å². The van der Waals surface area contributed by atoms with Crippen molar-refractivity contribution in [2.45, 2.75) is 0 Å². The molecule has 0 aliphatic heterocycles. The van der Waals surface area contributed by atoms with Crippen LogP contribution in [-0.4, -0.2) is 49.7 Å². The molecule has 0 saturated heterocycles. The van der Waals surface area contributed by atoms with E-state index in [0.29, 0.717) is 28.9 Å². The molecule has 162 valence electrons. The van der Waals surface area contributed by atoms with Gasteiger partial charge < -0.3 is 30.0 Å². The molecule has 0 fully saturated rings. The van der Waals surface area contributed by atoms with Crippen molar-refractivity contribution in [2.75, 3.05) is 31.5 Å². The van der Waals surface area contributed by atoms with E-state index < -0.39 is 30.4 Å². The van der Waals surface area contributed by atoms with Crippen molar-refractivity contribution in [3.63, 3.8) is 0 Å². The molecule has 2 aromatic carbocycles. The molecule has 0 aromatic heterocycles. The lowest BCUT2D eigenvalue weighted by molar-refractivity contribution is -0.131.